The van der Waals surface area contributed by atoms with E-state index in [2.05, 4.69) is 5.16 Å². The van der Waals surface area contributed by atoms with Crippen molar-refractivity contribution in [1.82, 2.24) is 5.16 Å². The second-order valence-corrected chi connectivity index (χ2v) is 5.10. The van der Waals surface area contributed by atoms with Crippen LogP contribution in [0.25, 0.3) is 22.4 Å². The van der Waals surface area contributed by atoms with Gasteiger partial charge in [-0.1, -0.05) is 41.1 Å². The summed E-state index contributed by atoms with van der Waals surface area (Å²) in [5, 5.41) is 4.02. The van der Waals surface area contributed by atoms with E-state index < -0.39 is 0 Å². The third-order valence-electron chi connectivity index (χ3n) is 3.51. The molecule has 0 spiro atoms. The third-order valence-corrected chi connectivity index (χ3v) is 3.51. The number of benzene rings is 2. The molecule has 0 saturated heterocycles. The van der Waals surface area contributed by atoms with Gasteiger partial charge >= 0.3 is 0 Å². The molecule has 2 aromatic carbocycles. The van der Waals surface area contributed by atoms with Crippen LogP contribution in [-0.2, 0) is 0 Å². The Morgan fingerprint density at radius 1 is 1.05 bits per heavy atom. The van der Waals surface area contributed by atoms with Gasteiger partial charge < -0.3 is 10.3 Å². The molecule has 0 amide bonds. The number of aromatic nitrogens is 1. The largest absolute Gasteiger partial charge is 0.367 e. The van der Waals surface area contributed by atoms with E-state index in [1.54, 1.807) is 6.07 Å². The molecule has 0 saturated carbocycles. The SMILES string of the molecule is Cc1ccc(-c2c(-c3cc(F)ccc3C)noc2N)cc1. The standard InChI is InChI=1S/C17H15FN2O/c1-10-3-6-12(7-4-10)15-16(20-21-17(15)19)14-9-13(18)8-5-11(14)2/h3-9H,19H2,1-2H3. The topological polar surface area (TPSA) is 52.0 Å². The van der Waals surface area contributed by atoms with E-state index in [1.807, 2.05) is 38.1 Å². The summed E-state index contributed by atoms with van der Waals surface area (Å²) in [5.41, 5.74) is 10.8. The number of hydrogen-bond donors (Lipinski definition) is 1. The summed E-state index contributed by atoms with van der Waals surface area (Å²) in [6.07, 6.45) is 0. The molecule has 106 valence electrons. The van der Waals surface area contributed by atoms with Crippen LogP contribution in [0.5, 0.6) is 0 Å². The van der Waals surface area contributed by atoms with Crippen molar-refractivity contribution in [3.05, 3.63) is 59.4 Å². The first-order valence-corrected chi connectivity index (χ1v) is 6.65. The highest BCUT2D eigenvalue weighted by Gasteiger charge is 2.19. The number of nitrogens with zero attached hydrogens (tertiary/aromatic N) is 1. The summed E-state index contributed by atoms with van der Waals surface area (Å²) in [7, 11) is 0. The normalized spacial score (nSPS) is 10.8. The zero-order valence-electron chi connectivity index (χ0n) is 11.9. The van der Waals surface area contributed by atoms with E-state index in [-0.39, 0.29) is 11.7 Å². The van der Waals surface area contributed by atoms with Gasteiger partial charge in [0.05, 0.1) is 5.56 Å². The van der Waals surface area contributed by atoms with E-state index in [0.717, 1.165) is 16.7 Å². The van der Waals surface area contributed by atoms with E-state index in [9.17, 15) is 4.39 Å². The van der Waals surface area contributed by atoms with E-state index in [1.165, 1.54) is 12.1 Å². The lowest BCUT2D eigenvalue weighted by atomic mass is 9.97. The highest BCUT2D eigenvalue weighted by Crippen LogP contribution is 2.37. The second-order valence-electron chi connectivity index (χ2n) is 5.10. The number of nitrogens with two attached hydrogens (primary N) is 1. The highest BCUT2D eigenvalue weighted by atomic mass is 19.1. The van der Waals surface area contributed by atoms with Crippen LogP contribution < -0.4 is 5.73 Å². The van der Waals surface area contributed by atoms with Gasteiger partial charge in [0, 0.05) is 5.56 Å². The molecule has 0 fully saturated rings. The smallest absolute Gasteiger partial charge is 0.230 e. The van der Waals surface area contributed by atoms with Crippen molar-refractivity contribution in [1.29, 1.82) is 0 Å². The van der Waals surface area contributed by atoms with Crippen LogP contribution in [0, 0.1) is 19.7 Å². The van der Waals surface area contributed by atoms with Crippen LogP contribution in [0.3, 0.4) is 0 Å². The summed E-state index contributed by atoms with van der Waals surface area (Å²) >= 11 is 0. The van der Waals surface area contributed by atoms with Gasteiger partial charge in [0.25, 0.3) is 0 Å². The summed E-state index contributed by atoms with van der Waals surface area (Å²) in [4.78, 5) is 0. The van der Waals surface area contributed by atoms with Crippen molar-refractivity contribution >= 4 is 5.88 Å². The number of halogens is 1. The Balaban J connectivity index is 2.21. The minimum atomic E-state index is -0.313. The minimum absolute atomic E-state index is 0.234. The molecule has 3 rings (SSSR count). The molecule has 0 aliphatic rings. The molecule has 0 atom stereocenters. The van der Waals surface area contributed by atoms with Gasteiger partial charge in [0.2, 0.25) is 5.88 Å². The number of rotatable bonds is 2. The lowest BCUT2D eigenvalue weighted by Gasteiger charge is -2.06. The van der Waals surface area contributed by atoms with Gasteiger partial charge in [-0.05, 0) is 37.1 Å². The fourth-order valence-corrected chi connectivity index (χ4v) is 2.34. The van der Waals surface area contributed by atoms with E-state index >= 15 is 0 Å². The molecule has 3 nitrogen and oxygen atoms in total. The van der Waals surface area contributed by atoms with E-state index in [0.29, 0.717) is 16.8 Å². The van der Waals surface area contributed by atoms with Crippen LogP contribution in [-0.4, -0.2) is 5.16 Å². The minimum Gasteiger partial charge on any atom is -0.367 e. The van der Waals surface area contributed by atoms with Gasteiger partial charge in [-0.3, -0.25) is 0 Å². The Morgan fingerprint density at radius 3 is 2.48 bits per heavy atom. The van der Waals surface area contributed by atoms with Crippen LogP contribution in [0.4, 0.5) is 10.3 Å². The average Bonchev–Trinajstić information content (AvgIpc) is 2.84. The van der Waals surface area contributed by atoms with Gasteiger partial charge in [0.15, 0.2) is 0 Å². The third kappa shape index (κ3) is 2.40. The van der Waals surface area contributed by atoms with Gasteiger partial charge in [-0.15, -0.1) is 0 Å². The lowest BCUT2D eigenvalue weighted by Crippen LogP contribution is -1.90. The van der Waals surface area contributed by atoms with Crippen molar-refractivity contribution in [2.24, 2.45) is 0 Å². The number of anilines is 1. The number of aryl methyl sites for hydroxylation is 2. The highest BCUT2D eigenvalue weighted by molar-refractivity contribution is 5.87. The van der Waals surface area contributed by atoms with Crippen LogP contribution >= 0.6 is 0 Å². The molecule has 2 N–H and O–H groups in total. The quantitative estimate of drug-likeness (QED) is 0.760. The van der Waals surface area contributed by atoms with Crippen molar-refractivity contribution in [2.75, 3.05) is 5.73 Å². The van der Waals surface area contributed by atoms with Crippen LogP contribution in [0.2, 0.25) is 0 Å². The molecule has 1 heterocycles. The zero-order chi connectivity index (χ0) is 15.0. The maximum Gasteiger partial charge on any atom is 0.230 e. The molecule has 0 unspecified atom stereocenters. The Labute approximate surface area is 122 Å². The zero-order valence-corrected chi connectivity index (χ0v) is 11.9. The Morgan fingerprint density at radius 2 is 1.76 bits per heavy atom. The van der Waals surface area contributed by atoms with E-state index in [4.69, 9.17) is 10.3 Å². The molecule has 0 radical (unpaired) electrons. The van der Waals surface area contributed by atoms with Crippen LogP contribution in [0.1, 0.15) is 11.1 Å². The Hall–Kier alpha value is -2.62. The average molecular weight is 282 g/mol. The summed E-state index contributed by atoms with van der Waals surface area (Å²) < 4.78 is 18.7. The van der Waals surface area contributed by atoms with Gasteiger partial charge in [-0.2, -0.15) is 0 Å². The van der Waals surface area contributed by atoms with Crippen molar-refractivity contribution in [2.45, 2.75) is 13.8 Å². The second kappa shape index (κ2) is 5.05. The predicted molar refractivity (Wildman–Crippen MR) is 81.2 cm³/mol. The molecule has 1 aromatic heterocycles. The summed E-state index contributed by atoms with van der Waals surface area (Å²) in [5.74, 6) is -0.0791. The molecular weight excluding hydrogens is 267 g/mol. The van der Waals surface area contributed by atoms with Crippen molar-refractivity contribution in [3.63, 3.8) is 0 Å². The van der Waals surface area contributed by atoms with Crippen molar-refractivity contribution in [3.8, 4) is 22.4 Å². The Bertz CT molecular complexity index is 791. The summed E-state index contributed by atoms with van der Waals surface area (Å²) in [6, 6.07) is 12.5. The fourth-order valence-electron chi connectivity index (χ4n) is 2.34. The molecule has 0 aliphatic carbocycles. The van der Waals surface area contributed by atoms with Crippen molar-refractivity contribution < 1.29 is 8.91 Å². The predicted octanol–water partition coefficient (Wildman–Crippen LogP) is 4.35. The van der Waals surface area contributed by atoms with Crippen LogP contribution in [0.15, 0.2) is 47.0 Å². The molecule has 4 heteroatoms. The molecule has 0 bridgehead atoms. The number of hydrogen-bond acceptors (Lipinski definition) is 3. The molecule has 3 aromatic rings. The van der Waals surface area contributed by atoms with Gasteiger partial charge in [-0.25, -0.2) is 4.39 Å². The summed E-state index contributed by atoms with van der Waals surface area (Å²) in [6.45, 7) is 3.91. The first kappa shape index (κ1) is 13.4. The Kier molecular flexibility index (Phi) is 3.22. The first-order chi connectivity index (χ1) is 10.1. The first-order valence-electron chi connectivity index (χ1n) is 6.65. The maximum atomic E-state index is 13.5. The molecule has 21 heavy (non-hydrogen) atoms. The lowest BCUT2D eigenvalue weighted by molar-refractivity contribution is 0.439. The fraction of sp³-hybridized carbons (Fsp3) is 0.118. The molecular formula is C17H15FN2O. The number of nitrogen functional groups attached to an aromatic ring is 1. The maximum absolute atomic E-state index is 13.5. The van der Waals surface area contributed by atoms with Gasteiger partial charge in [0.1, 0.15) is 11.5 Å². The monoisotopic (exact) mass is 282 g/mol. The molecule has 0 aliphatic heterocycles.